The summed E-state index contributed by atoms with van der Waals surface area (Å²) in [6.45, 7) is 8.97. The zero-order valence-corrected chi connectivity index (χ0v) is 81.9. The monoisotopic (exact) mass is 1810 g/mol. The van der Waals surface area contributed by atoms with Crippen LogP contribution >= 0.6 is 0 Å². The van der Waals surface area contributed by atoms with E-state index < -0.39 is 0 Å². The third kappa shape index (κ3) is 16.5. The van der Waals surface area contributed by atoms with E-state index in [0.29, 0.717) is 17.9 Å². The van der Waals surface area contributed by atoms with Gasteiger partial charge in [0.05, 0.1) is 55.3 Å². The summed E-state index contributed by atoms with van der Waals surface area (Å²) in [5.74, 6) is 0. The minimum atomic E-state index is 0.560. The van der Waals surface area contributed by atoms with E-state index in [0.717, 1.165) is 0 Å². The van der Waals surface area contributed by atoms with Crippen molar-refractivity contribution in [2.45, 2.75) is 27.7 Å². The Morgan fingerprint density at radius 3 is 1.01 bits per heavy atom. The van der Waals surface area contributed by atoms with Crippen LogP contribution in [-0.2, 0) is 28.2 Å². The lowest BCUT2D eigenvalue weighted by Gasteiger charge is -2.34. The Kier molecular flexibility index (Phi) is 25.3. The largest absolute Gasteiger partial charge is 0.275 e. The Balaban J connectivity index is 0.000000115. The first-order valence-corrected chi connectivity index (χ1v) is 48.5. The lowest BCUT2D eigenvalue weighted by atomic mass is 9.93. The summed E-state index contributed by atoms with van der Waals surface area (Å²) in [5, 5.41) is 15.2. The number of aromatic nitrogens is 4. The highest BCUT2D eigenvalue weighted by Gasteiger charge is 2.42. The molecule has 0 unspecified atom stereocenters. The minimum Gasteiger partial charge on any atom is -0.229 e. The summed E-state index contributed by atoms with van der Waals surface area (Å²) < 4.78 is 11.5. The van der Waals surface area contributed by atoms with Gasteiger partial charge in [0.2, 0.25) is 34.2 Å². The predicted molar refractivity (Wildman–Crippen MR) is 593 cm³/mol. The number of benzene rings is 19. The zero-order valence-electron chi connectivity index (χ0n) is 81.9. The molecular formula is C132H118N8+8. The SMILES string of the molecule is Cc1c(-c2c3ccccc3cc[n+]2C)ccc2cccc([N+](C)(c3ccccc3)c3ccccc3)c12.Cc1c(-c2ccc3cccc([N+](C)(c4ccccc4)c4ccccc4)c3[n+]2C)ccc2ccccc12.Cc1c(-c2cccc[n+]2C)ccc2cccc([N+](C)(c3ccccc3)c3ccccc3)c12.Cc1ccccc1-c1ccc2cc3ccccc3c([N+](C)(c3ccccc3)c3ccccc3)c2[n+]1C. The molecule has 678 valence electrons. The number of nitrogens with zero attached hydrogens (tertiary/aromatic N) is 8. The Bertz CT molecular complexity index is 8330. The van der Waals surface area contributed by atoms with E-state index in [1.807, 2.05) is 0 Å². The topological polar surface area (TPSA) is 15.5 Å². The zero-order chi connectivity index (χ0) is 96.2. The average Bonchev–Trinajstić information content (AvgIpc) is 0.714. The lowest BCUT2D eigenvalue weighted by Crippen LogP contribution is -2.39. The number of aryl methyl sites for hydroxylation is 8. The molecule has 0 aliphatic heterocycles. The molecule has 0 radical (unpaired) electrons. The van der Waals surface area contributed by atoms with Crippen molar-refractivity contribution >= 4 is 144 Å². The molecule has 0 fully saturated rings. The Hall–Kier alpha value is -16.6. The van der Waals surface area contributed by atoms with Crippen LogP contribution in [0.2, 0.25) is 0 Å². The van der Waals surface area contributed by atoms with Gasteiger partial charge in [0.15, 0.2) is 23.8 Å². The number of fused-ring (bicyclic) bond motifs is 7. The Morgan fingerprint density at radius 2 is 0.529 bits per heavy atom. The highest BCUT2D eigenvalue weighted by atomic mass is 15.4. The third-order valence-corrected chi connectivity index (χ3v) is 29.5. The molecule has 0 aliphatic rings. The fourth-order valence-corrected chi connectivity index (χ4v) is 21.9. The van der Waals surface area contributed by atoms with Crippen molar-refractivity contribution in [1.82, 2.24) is 17.9 Å². The van der Waals surface area contributed by atoms with E-state index in [-0.39, 0.29) is 0 Å². The maximum absolute atomic E-state index is 2.39. The van der Waals surface area contributed by atoms with Gasteiger partial charge in [-0.3, -0.25) is 0 Å². The van der Waals surface area contributed by atoms with Crippen molar-refractivity contribution in [3.63, 3.8) is 0 Å². The van der Waals surface area contributed by atoms with Crippen LogP contribution in [0.5, 0.6) is 0 Å². The molecule has 4 aromatic heterocycles. The number of hydrogen-bond acceptors (Lipinski definition) is 0. The highest BCUT2D eigenvalue weighted by Crippen LogP contribution is 2.53. The van der Waals surface area contributed by atoms with E-state index in [4.69, 9.17) is 0 Å². The maximum atomic E-state index is 2.39. The summed E-state index contributed by atoms with van der Waals surface area (Å²) in [5.41, 5.74) is 32.5. The molecule has 0 amide bonds. The normalized spacial score (nSPS) is 11.7. The second-order valence-corrected chi connectivity index (χ2v) is 37.4. The lowest BCUT2D eigenvalue weighted by molar-refractivity contribution is -0.660. The van der Waals surface area contributed by atoms with Crippen LogP contribution in [0.1, 0.15) is 22.3 Å². The standard InChI is InChI=1S/3C34H30N2.C30H28N2/c1-25-14-10-12-20-30(25)32-23-22-27-24-26-15-11-13-21-31(26)34(33(27)35(32)2)36(3,28-16-6-4-7-17-28)29-18-8-5-9-19-29;1-25-30-19-11-10-13-26(30)21-23-31(25)32-24-22-27-14-12-20-33(34(27)35(32)2)36(3,28-15-6-4-7-16-28)29-17-8-5-9-18-29;1-25-30(34-31-19-11-10-13-26(31)23-24-35(34)2)22-21-27-14-12-20-32(33(25)27)36(3,28-15-6-4-7-16-28)29-17-8-5-9-18-29;1-23-27(28-18-10-11-22-31(28)2)21-20-24-13-12-19-29(30(23)24)32(3,25-14-6-4-7-15-25)26-16-8-5-9-17-26/h3*4-24H,1-3H3;4-22H,1-3H3/q4*+2. The van der Waals surface area contributed by atoms with E-state index in [2.05, 4.69) is 600 Å². The molecule has 140 heavy (non-hydrogen) atoms. The van der Waals surface area contributed by atoms with Crippen LogP contribution in [0.15, 0.2) is 498 Å². The molecule has 0 atom stereocenters. The predicted octanol–water partition coefficient (Wildman–Crippen LogP) is 32.4. The number of hydrogen-bond donors (Lipinski definition) is 0. The van der Waals surface area contributed by atoms with Gasteiger partial charge in [-0.2, -0.15) is 9.13 Å². The van der Waals surface area contributed by atoms with Crippen molar-refractivity contribution in [3.05, 3.63) is 520 Å². The number of rotatable bonds is 16. The van der Waals surface area contributed by atoms with Crippen molar-refractivity contribution in [2.75, 3.05) is 28.2 Å². The molecule has 23 rings (SSSR count). The summed E-state index contributed by atoms with van der Waals surface area (Å²) in [6, 6.07) is 175. The first kappa shape index (κ1) is 91.2. The van der Waals surface area contributed by atoms with Gasteiger partial charge in [-0.1, -0.05) is 273 Å². The maximum Gasteiger partial charge on any atom is 0.275 e. The summed E-state index contributed by atoms with van der Waals surface area (Å²) in [6.07, 6.45) is 4.28. The molecule has 0 N–H and O–H groups in total. The second kappa shape index (κ2) is 38.9. The molecular weight excluding hydrogens is 1700 g/mol. The number of quaternary nitrogens is 4. The third-order valence-electron chi connectivity index (χ3n) is 29.5. The Labute approximate surface area is 823 Å². The van der Waals surface area contributed by atoms with Crippen molar-refractivity contribution < 1.29 is 18.3 Å². The van der Waals surface area contributed by atoms with Crippen LogP contribution in [0.3, 0.4) is 0 Å². The van der Waals surface area contributed by atoms with E-state index in [1.54, 1.807) is 0 Å². The van der Waals surface area contributed by atoms with E-state index in [9.17, 15) is 0 Å². The minimum absolute atomic E-state index is 0.560. The summed E-state index contributed by atoms with van der Waals surface area (Å²) in [4.78, 5) is 0. The van der Waals surface area contributed by atoms with E-state index in [1.165, 1.54) is 211 Å². The van der Waals surface area contributed by atoms with Gasteiger partial charge < -0.3 is 0 Å². The van der Waals surface area contributed by atoms with Crippen molar-refractivity contribution in [2.24, 2.45) is 28.2 Å². The quantitative estimate of drug-likeness (QED) is 0.0521. The Morgan fingerprint density at radius 1 is 0.193 bits per heavy atom. The summed E-state index contributed by atoms with van der Waals surface area (Å²) >= 11 is 0. The number of para-hydroxylation sites is 9. The van der Waals surface area contributed by atoms with Gasteiger partial charge in [-0.15, -0.1) is 0 Å². The first-order valence-electron chi connectivity index (χ1n) is 48.5. The molecule has 8 nitrogen and oxygen atoms in total. The van der Waals surface area contributed by atoms with Crippen LogP contribution in [-0.4, -0.2) is 28.2 Å². The van der Waals surface area contributed by atoms with Crippen molar-refractivity contribution in [1.29, 1.82) is 0 Å². The van der Waals surface area contributed by atoms with Gasteiger partial charge in [-0.25, -0.2) is 27.1 Å². The molecule has 23 aromatic rings. The fourth-order valence-electron chi connectivity index (χ4n) is 21.9. The van der Waals surface area contributed by atoms with Gasteiger partial charge >= 0.3 is 0 Å². The summed E-state index contributed by atoms with van der Waals surface area (Å²) in [7, 11) is 17.9. The highest BCUT2D eigenvalue weighted by molar-refractivity contribution is 6.11. The van der Waals surface area contributed by atoms with Crippen LogP contribution in [0.4, 0.5) is 68.2 Å². The van der Waals surface area contributed by atoms with Gasteiger partial charge in [0.25, 0.3) is 11.0 Å². The smallest absolute Gasteiger partial charge is 0.229 e. The molecule has 0 spiro atoms. The van der Waals surface area contributed by atoms with Crippen molar-refractivity contribution in [3.8, 4) is 45.0 Å². The average molecular weight is 1820 g/mol. The molecule has 4 heterocycles. The molecule has 0 aliphatic carbocycles. The molecule has 0 saturated carbocycles. The van der Waals surface area contributed by atoms with E-state index >= 15 is 0 Å². The van der Waals surface area contributed by atoms with Gasteiger partial charge in [0.1, 0.15) is 73.7 Å². The molecule has 0 saturated heterocycles. The molecule has 8 heteroatoms. The number of pyridine rings is 4. The van der Waals surface area contributed by atoms with Crippen LogP contribution < -0.4 is 36.2 Å². The fraction of sp³-hybridized carbons (Fsp3) is 0.0909. The molecule has 19 aromatic carbocycles. The second-order valence-electron chi connectivity index (χ2n) is 37.4. The first-order chi connectivity index (χ1) is 68.4. The van der Waals surface area contributed by atoms with Crippen LogP contribution in [0.25, 0.3) is 121 Å². The van der Waals surface area contributed by atoms with Crippen LogP contribution in [0, 0.1) is 27.7 Å². The molecule has 0 bridgehead atoms. The van der Waals surface area contributed by atoms with Gasteiger partial charge in [-0.05, 0) is 246 Å². The van der Waals surface area contributed by atoms with Gasteiger partial charge in [0, 0.05) is 76.0 Å².